The van der Waals surface area contributed by atoms with Gasteiger partial charge in [0, 0.05) is 19.6 Å². The summed E-state index contributed by atoms with van der Waals surface area (Å²) in [5.74, 6) is 4.97. The Kier molecular flexibility index (Phi) is 6.49. The van der Waals surface area contributed by atoms with Gasteiger partial charge in [-0.25, -0.2) is 5.84 Å². The molecule has 106 valence electrons. The second kappa shape index (κ2) is 7.89. The maximum atomic E-state index is 11.4. The minimum Gasteiger partial charge on any atom is -0.308 e. The van der Waals surface area contributed by atoms with Crippen LogP contribution in [0.5, 0.6) is 0 Å². The molecule has 0 spiro atoms. The normalized spacial score (nSPS) is 11.1. The number of rotatable bonds is 7. The van der Waals surface area contributed by atoms with Gasteiger partial charge in [-0.1, -0.05) is 24.3 Å². The molecule has 1 rings (SSSR count). The molecule has 1 aromatic carbocycles. The number of carbonyl (C=O) groups excluding carboxylic acids is 1. The summed E-state index contributed by atoms with van der Waals surface area (Å²) in [6.45, 7) is 2.84. The molecule has 0 fully saturated rings. The van der Waals surface area contributed by atoms with Crippen molar-refractivity contribution in [2.24, 2.45) is 5.84 Å². The van der Waals surface area contributed by atoms with E-state index < -0.39 is 0 Å². The average molecular weight is 264 g/mol. The van der Waals surface area contributed by atoms with Gasteiger partial charge in [0.15, 0.2) is 0 Å². The molecule has 0 atom stereocenters. The molecule has 0 unspecified atom stereocenters. The van der Waals surface area contributed by atoms with Gasteiger partial charge in [-0.15, -0.1) is 0 Å². The van der Waals surface area contributed by atoms with E-state index in [2.05, 4.69) is 42.4 Å². The Balaban J connectivity index is 2.64. The van der Waals surface area contributed by atoms with Gasteiger partial charge in [0.25, 0.3) is 0 Å². The Morgan fingerprint density at radius 1 is 1.16 bits per heavy atom. The zero-order valence-corrected chi connectivity index (χ0v) is 12.0. The van der Waals surface area contributed by atoms with Crippen LogP contribution in [0.2, 0.25) is 0 Å². The molecule has 1 aromatic rings. The summed E-state index contributed by atoms with van der Waals surface area (Å²) >= 11 is 0. The van der Waals surface area contributed by atoms with E-state index in [4.69, 9.17) is 5.84 Å². The van der Waals surface area contributed by atoms with Gasteiger partial charge in [0.2, 0.25) is 5.91 Å². The van der Waals surface area contributed by atoms with E-state index in [1.54, 1.807) is 0 Å². The SMILES string of the molecule is CN(C)CCN(C)Cc1ccccc1CC(=O)NN. The molecule has 0 saturated heterocycles. The van der Waals surface area contributed by atoms with Crippen molar-refractivity contribution in [2.75, 3.05) is 34.2 Å². The van der Waals surface area contributed by atoms with Crippen molar-refractivity contribution in [3.8, 4) is 0 Å². The third kappa shape index (κ3) is 5.83. The minimum atomic E-state index is -0.164. The van der Waals surface area contributed by atoms with Crippen molar-refractivity contribution < 1.29 is 4.79 Å². The predicted molar refractivity (Wildman–Crippen MR) is 77.4 cm³/mol. The third-order valence-electron chi connectivity index (χ3n) is 3.00. The first-order valence-electron chi connectivity index (χ1n) is 6.42. The molecule has 5 heteroatoms. The number of benzene rings is 1. The van der Waals surface area contributed by atoms with Gasteiger partial charge >= 0.3 is 0 Å². The first kappa shape index (κ1) is 15.6. The van der Waals surface area contributed by atoms with Crippen LogP contribution >= 0.6 is 0 Å². The van der Waals surface area contributed by atoms with Crippen molar-refractivity contribution in [3.05, 3.63) is 35.4 Å². The molecule has 19 heavy (non-hydrogen) atoms. The topological polar surface area (TPSA) is 61.6 Å². The molecular weight excluding hydrogens is 240 g/mol. The fourth-order valence-corrected chi connectivity index (χ4v) is 1.85. The van der Waals surface area contributed by atoms with Crippen LogP contribution in [0.15, 0.2) is 24.3 Å². The van der Waals surface area contributed by atoms with Crippen molar-refractivity contribution in [1.82, 2.24) is 15.2 Å². The van der Waals surface area contributed by atoms with E-state index in [9.17, 15) is 4.79 Å². The Hall–Kier alpha value is -1.43. The quantitative estimate of drug-likeness (QED) is 0.420. The van der Waals surface area contributed by atoms with Gasteiger partial charge in [-0.2, -0.15) is 0 Å². The van der Waals surface area contributed by atoms with E-state index in [0.717, 1.165) is 25.2 Å². The van der Waals surface area contributed by atoms with Crippen molar-refractivity contribution in [3.63, 3.8) is 0 Å². The van der Waals surface area contributed by atoms with Crippen LogP contribution in [0.1, 0.15) is 11.1 Å². The highest BCUT2D eigenvalue weighted by atomic mass is 16.2. The number of carbonyl (C=O) groups is 1. The standard InChI is InChI=1S/C14H24N4O/c1-17(2)8-9-18(3)11-13-7-5-4-6-12(13)10-14(19)16-15/h4-7H,8-11,15H2,1-3H3,(H,16,19). The highest BCUT2D eigenvalue weighted by molar-refractivity contribution is 5.78. The molecule has 0 aromatic heterocycles. The summed E-state index contributed by atoms with van der Waals surface area (Å²) < 4.78 is 0. The number of amides is 1. The number of hydrogen-bond acceptors (Lipinski definition) is 4. The summed E-state index contributed by atoms with van der Waals surface area (Å²) in [6.07, 6.45) is 0.328. The van der Waals surface area contributed by atoms with Crippen molar-refractivity contribution in [1.29, 1.82) is 0 Å². The molecule has 0 heterocycles. The number of nitrogens with one attached hydrogen (secondary N) is 1. The van der Waals surface area contributed by atoms with Gasteiger partial charge < -0.3 is 9.80 Å². The number of nitrogens with zero attached hydrogens (tertiary/aromatic N) is 2. The highest BCUT2D eigenvalue weighted by Gasteiger charge is 2.08. The molecule has 0 aliphatic rings. The van der Waals surface area contributed by atoms with Crippen LogP contribution in [0.4, 0.5) is 0 Å². The largest absolute Gasteiger partial charge is 0.308 e. The van der Waals surface area contributed by atoms with E-state index in [0.29, 0.717) is 6.42 Å². The lowest BCUT2D eigenvalue weighted by molar-refractivity contribution is -0.120. The van der Waals surface area contributed by atoms with Crippen molar-refractivity contribution >= 4 is 5.91 Å². The summed E-state index contributed by atoms with van der Waals surface area (Å²) in [5.41, 5.74) is 4.38. The first-order valence-corrected chi connectivity index (χ1v) is 6.42. The molecule has 0 saturated carbocycles. The summed E-state index contributed by atoms with van der Waals surface area (Å²) in [7, 11) is 6.21. The van der Waals surface area contributed by atoms with E-state index in [1.807, 2.05) is 18.2 Å². The molecular formula is C14H24N4O. The lowest BCUT2D eigenvalue weighted by Gasteiger charge is -2.20. The molecule has 0 bridgehead atoms. The maximum Gasteiger partial charge on any atom is 0.238 e. The second-order valence-electron chi connectivity index (χ2n) is 5.05. The van der Waals surface area contributed by atoms with Crippen LogP contribution in [0, 0.1) is 0 Å². The van der Waals surface area contributed by atoms with E-state index in [-0.39, 0.29) is 5.91 Å². The van der Waals surface area contributed by atoms with Gasteiger partial charge in [0.1, 0.15) is 0 Å². The summed E-state index contributed by atoms with van der Waals surface area (Å²) in [5, 5.41) is 0. The summed E-state index contributed by atoms with van der Waals surface area (Å²) in [6, 6.07) is 7.98. The van der Waals surface area contributed by atoms with Crippen LogP contribution in [0.3, 0.4) is 0 Å². The first-order chi connectivity index (χ1) is 9.02. The van der Waals surface area contributed by atoms with E-state index >= 15 is 0 Å². The smallest absolute Gasteiger partial charge is 0.238 e. The Labute approximate surface area is 115 Å². The van der Waals surface area contributed by atoms with Crippen molar-refractivity contribution in [2.45, 2.75) is 13.0 Å². The third-order valence-corrected chi connectivity index (χ3v) is 3.00. The minimum absolute atomic E-state index is 0.164. The Morgan fingerprint density at radius 2 is 1.79 bits per heavy atom. The summed E-state index contributed by atoms with van der Waals surface area (Å²) in [4.78, 5) is 15.8. The number of hydrogen-bond donors (Lipinski definition) is 2. The number of likely N-dealkylation sites (N-methyl/N-ethyl adjacent to an activating group) is 2. The second-order valence-corrected chi connectivity index (χ2v) is 5.05. The number of nitrogens with two attached hydrogens (primary N) is 1. The molecule has 5 nitrogen and oxygen atoms in total. The maximum absolute atomic E-state index is 11.4. The molecule has 0 aliphatic heterocycles. The van der Waals surface area contributed by atoms with Gasteiger partial charge in [-0.05, 0) is 32.3 Å². The highest BCUT2D eigenvalue weighted by Crippen LogP contribution is 2.11. The van der Waals surface area contributed by atoms with Crippen LogP contribution in [-0.4, -0.2) is 49.9 Å². The monoisotopic (exact) mass is 264 g/mol. The van der Waals surface area contributed by atoms with Crippen LogP contribution in [0.25, 0.3) is 0 Å². The molecule has 0 aliphatic carbocycles. The zero-order chi connectivity index (χ0) is 14.3. The Morgan fingerprint density at radius 3 is 2.37 bits per heavy atom. The lowest BCUT2D eigenvalue weighted by Crippen LogP contribution is -2.32. The van der Waals surface area contributed by atoms with Gasteiger partial charge in [-0.3, -0.25) is 10.2 Å². The fourth-order valence-electron chi connectivity index (χ4n) is 1.85. The van der Waals surface area contributed by atoms with E-state index in [1.165, 1.54) is 5.56 Å². The predicted octanol–water partition coefficient (Wildman–Crippen LogP) is 0.212. The zero-order valence-electron chi connectivity index (χ0n) is 12.0. The van der Waals surface area contributed by atoms with Crippen LogP contribution < -0.4 is 11.3 Å². The Bertz CT molecular complexity index is 406. The van der Waals surface area contributed by atoms with Gasteiger partial charge in [0.05, 0.1) is 6.42 Å². The fraction of sp³-hybridized carbons (Fsp3) is 0.500. The number of hydrazine groups is 1. The van der Waals surface area contributed by atoms with Crippen LogP contribution in [-0.2, 0) is 17.8 Å². The molecule has 1 amide bonds. The lowest BCUT2D eigenvalue weighted by atomic mass is 10.0. The average Bonchev–Trinajstić information content (AvgIpc) is 2.38. The molecule has 3 N–H and O–H groups in total. The molecule has 0 radical (unpaired) electrons.